The first-order valence-corrected chi connectivity index (χ1v) is 4.43. The Hall–Kier alpha value is -1.96. The van der Waals surface area contributed by atoms with Crippen LogP contribution in [0.25, 0.3) is 12.2 Å². The average Bonchev–Trinajstić information content (AvgIpc) is 2.29. The van der Waals surface area contributed by atoms with Gasteiger partial charge in [-0.2, -0.15) is 0 Å². The zero-order valence-electron chi connectivity index (χ0n) is 7.67. The number of pyridine rings is 2. The fraction of sp³-hybridized carbons (Fsp3) is 0. The molecule has 0 atom stereocenters. The van der Waals surface area contributed by atoms with Gasteiger partial charge >= 0.3 is 0 Å². The average molecular weight is 182 g/mol. The molecule has 2 nitrogen and oxygen atoms in total. The monoisotopic (exact) mass is 182 g/mol. The molecule has 0 radical (unpaired) electrons. The maximum atomic E-state index is 4.03. The lowest BCUT2D eigenvalue weighted by Gasteiger charge is -1.91. The molecule has 0 N–H and O–H groups in total. The standard InChI is InChI=1S/C12H10N2/c1-3-11(9-13-7-1)5-6-12-4-2-8-14-10-12/h1-10H. The quantitative estimate of drug-likeness (QED) is 0.713. The molecule has 2 rings (SSSR count). The van der Waals surface area contributed by atoms with E-state index in [4.69, 9.17) is 0 Å². The molecule has 2 aromatic rings. The molecular weight excluding hydrogens is 172 g/mol. The summed E-state index contributed by atoms with van der Waals surface area (Å²) in [6, 6.07) is 7.87. The van der Waals surface area contributed by atoms with E-state index in [0.717, 1.165) is 11.1 Å². The van der Waals surface area contributed by atoms with Crippen LogP contribution >= 0.6 is 0 Å². The molecule has 2 heteroatoms. The largest absolute Gasteiger partial charge is 0.264 e. The predicted molar refractivity (Wildman–Crippen MR) is 57.4 cm³/mol. The van der Waals surface area contributed by atoms with Gasteiger partial charge in [-0.05, 0) is 23.3 Å². The topological polar surface area (TPSA) is 25.8 Å². The molecule has 14 heavy (non-hydrogen) atoms. The summed E-state index contributed by atoms with van der Waals surface area (Å²) in [5.41, 5.74) is 2.19. The lowest BCUT2D eigenvalue weighted by Crippen LogP contribution is -1.75. The van der Waals surface area contributed by atoms with Gasteiger partial charge in [-0.3, -0.25) is 9.97 Å². The highest BCUT2D eigenvalue weighted by Crippen LogP contribution is 2.04. The molecule has 0 aliphatic rings. The Kier molecular flexibility index (Phi) is 2.67. The summed E-state index contributed by atoms with van der Waals surface area (Å²) in [5, 5.41) is 0. The zero-order chi connectivity index (χ0) is 9.64. The highest BCUT2D eigenvalue weighted by Gasteiger charge is 1.85. The van der Waals surface area contributed by atoms with Gasteiger partial charge in [-0.15, -0.1) is 0 Å². The fourth-order valence-corrected chi connectivity index (χ4v) is 1.14. The second kappa shape index (κ2) is 4.33. The van der Waals surface area contributed by atoms with Gasteiger partial charge in [-0.25, -0.2) is 0 Å². The van der Waals surface area contributed by atoms with E-state index in [9.17, 15) is 0 Å². The van der Waals surface area contributed by atoms with Crippen molar-refractivity contribution in [2.24, 2.45) is 0 Å². The van der Waals surface area contributed by atoms with E-state index in [2.05, 4.69) is 9.97 Å². The summed E-state index contributed by atoms with van der Waals surface area (Å²) >= 11 is 0. The van der Waals surface area contributed by atoms with E-state index in [-0.39, 0.29) is 0 Å². The van der Waals surface area contributed by atoms with Gasteiger partial charge in [0, 0.05) is 24.8 Å². The molecule has 0 aliphatic carbocycles. The molecule has 0 amide bonds. The van der Waals surface area contributed by atoms with Crippen LogP contribution in [0.3, 0.4) is 0 Å². The maximum absolute atomic E-state index is 4.03. The molecular formula is C12H10N2. The van der Waals surface area contributed by atoms with Crippen molar-refractivity contribution in [2.75, 3.05) is 0 Å². The lowest BCUT2D eigenvalue weighted by atomic mass is 10.2. The summed E-state index contributed by atoms with van der Waals surface area (Å²) in [5.74, 6) is 0. The van der Waals surface area contributed by atoms with Crippen molar-refractivity contribution in [3.63, 3.8) is 0 Å². The maximum Gasteiger partial charge on any atom is 0.0340 e. The van der Waals surface area contributed by atoms with Crippen molar-refractivity contribution in [1.29, 1.82) is 0 Å². The summed E-state index contributed by atoms with van der Waals surface area (Å²) in [6.45, 7) is 0. The van der Waals surface area contributed by atoms with Gasteiger partial charge in [0.2, 0.25) is 0 Å². The molecule has 0 unspecified atom stereocenters. The first-order valence-electron chi connectivity index (χ1n) is 4.43. The number of hydrogen-bond donors (Lipinski definition) is 0. The summed E-state index contributed by atoms with van der Waals surface area (Å²) in [4.78, 5) is 8.06. The zero-order valence-corrected chi connectivity index (χ0v) is 7.67. The van der Waals surface area contributed by atoms with Crippen LogP contribution in [0.2, 0.25) is 0 Å². The Bertz CT molecular complexity index is 365. The first kappa shape index (κ1) is 8.63. The van der Waals surface area contributed by atoms with Crippen molar-refractivity contribution < 1.29 is 0 Å². The Labute approximate surface area is 83.0 Å². The third-order valence-corrected chi connectivity index (χ3v) is 1.84. The van der Waals surface area contributed by atoms with Crippen LogP contribution in [0.5, 0.6) is 0 Å². The van der Waals surface area contributed by atoms with Crippen molar-refractivity contribution >= 4 is 12.2 Å². The van der Waals surface area contributed by atoms with Crippen molar-refractivity contribution in [1.82, 2.24) is 9.97 Å². The van der Waals surface area contributed by atoms with Gasteiger partial charge in [0.15, 0.2) is 0 Å². The van der Waals surface area contributed by atoms with E-state index in [1.807, 2.05) is 48.8 Å². The number of aromatic nitrogens is 2. The lowest BCUT2D eigenvalue weighted by molar-refractivity contribution is 1.31. The van der Waals surface area contributed by atoms with Crippen molar-refractivity contribution in [2.45, 2.75) is 0 Å². The van der Waals surface area contributed by atoms with Crippen LogP contribution < -0.4 is 0 Å². The van der Waals surface area contributed by atoms with Crippen molar-refractivity contribution in [3.8, 4) is 0 Å². The third kappa shape index (κ3) is 2.26. The highest BCUT2D eigenvalue weighted by molar-refractivity contribution is 5.68. The molecule has 0 saturated carbocycles. The minimum Gasteiger partial charge on any atom is -0.264 e. The molecule has 2 heterocycles. The van der Waals surface area contributed by atoms with E-state index in [1.54, 1.807) is 12.4 Å². The van der Waals surface area contributed by atoms with E-state index in [1.165, 1.54) is 0 Å². The number of hydrogen-bond acceptors (Lipinski definition) is 2. The molecule has 0 saturated heterocycles. The summed E-state index contributed by atoms with van der Waals surface area (Å²) in [7, 11) is 0. The van der Waals surface area contributed by atoms with Crippen LogP contribution in [-0.4, -0.2) is 9.97 Å². The minimum absolute atomic E-state index is 1.09. The predicted octanol–water partition coefficient (Wildman–Crippen LogP) is 2.65. The smallest absolute Gasteiger partial charge is 0.0340 e. The molecule has 0 spiro atoms. The minimum atomic E-state index is 1.09. The van der Waals surface area contributed by atoms with Gasteiger partial charge in [0.1, 0.15) is 0 Å². The molecule has 0 aliphatic heterocycles. The third-order valence-electron chi connectivity index (χ3n) is 1.84. The Morgan fingerprint density at radius 3 is 1.64 bits per heavy atom. The van der Waals surface area contributed by atoms with Gasteiger partial charge < -0.3 is 0 Å². The van der Waals surface area contributed by atoms with Crippen molar-refractivity contribution in [3.05, 3.63) is 60.2 Å². The Morgan fingerprint density at radius 2 is 1.29 bits per heavy atom. The van der Waals surface area contributed by atoms with E-state index < -0.39 is 0 Å². The van der Waals surface area contributed by atoms with Crippen LogP contribution in [0.1, 0.15) is 11.1 Å². The van der Waals surface area contributed by atoms with Crippen LogP contribution in [-0.2, 0) is 0 Å². The van der Waals surface area contributed by atoms with Gasteiger partial charge in [0.25, 0.3) is 0 Å². The van der Waals surface area contributed by atoms with Gasteiger partial charge in [0.05, 0.1) is 0 Å². The van der Waals surface area contributed by atoms with Gasteiger partial charge in [-0.1, -0.05) is 24.3 Å². The summed E-state index contributed by atoms with van der Waals surface area (Å²) < 4.78 is 0. The molecule has 0 bridgehead atoms. The molecule has 0 fully saturated rings. The fourth-order valence-electron chi connectivity index (χ4n) is 1.14. The highest BCUT2D eigenvalue weighted by atomic mass is 14.6. The second-order valence-electron chi connectivity index (χ2n) is 2.91. The number of nitrogens with zero attached hydrogens (tertiary/aromatic N) is 2. The Morgan fingerprint density at radius 1 is 0.786 bits per heavy atom. The Balaban J connectivity index is 2.16. The SMILES string of the molecule is C(=Cc1cccnc1)c1cccnc1. The second-order valence-corrected chi connectivity index (χ2v) is 2.91. The van der Waals surface area contributed by atoms with Crippen LogP contribution in [0, 0.1) is 0 Å². The summed E-state index contributed by atoms with van der Waals surface area (Å²) in [6.07, 6.45) is 11.2. The van der Waals surface area contributed by atoms with Crippen LogP contribution in [0.4, 0.5) is 0 Å². The van der Waals surface area contributed by atoms with E-state index in [0.29, 0.717) is 0 Å². The molecule has 2 aromatic heterocycles. The molecule has 0 aromatic carbocycles. The number of rotatable bonds is 2. The van der Waals surface area contributed by atoms with E-state index >= 15 is 0 Å². The molecule has 68 valence electrons. The first-order chi connectivity index (χ1) is 6.95. The normalized spacial score (nSPS) is 10.6. The van der Waals surface area contributed by atoms with Crippen LogP contribution in [0.15, 0.2) is 49.1 Å².